The van der Waals surface area contributed by atoms with Gasteiger partial charge in [-0.1, -0.05) is 19.3 Å². The molecule has 0 aliphatic heterocycles. The number of carbonyl (C=O) groups excluding carboxylic acids is 1. The van der Waals surface area contributed by atoms with Gasteiger partial charge in [-0.15, -0.1) is 0 Å². The van der Waals surface area contributed by atoms with Crippen molar-refractivity contribution in [2.24, 2.45) is 0 Å². The number of rotatable bonds is 3. The van der Waals surface area contributed by atoms with Gasteiger partial charge >= 0.3 is 5.69 Å². The fourth-order valence-corrected chi connectivity index (χ4v) is 2.32. The molecule has 19 heavy (non-hydrogen) atoms. The van der Waals surface area contributed by atoms with E-state index >= 15 is 0 Å². The van der Waals surface area contributed by atoms with Crippen LogP contribution in [0.25, 0.3) is 0 Å². The molecule has 0 bridgehead atoms. The molecule has 1 saturated carbocycles. The maximum atomic E-state index is 11.8. The van der Waals surface area contributed by atoms with Crippen LogP contribution in [0.4, 0.5) is 0 Å². The van der Waals surface area contributed by atoms with E-state index in [2.05, 4.69) is 10.3 Å². The first-order valence-electron chi connectivity index (χ1n) is 6.33. The Balaban J connectivity index is 2.01. The summed E-state index contributed by atoms with van der Waals surface area (Å²) in [6.45, 7) is 0.126. The SMILES string of the molecule is O=C(NCC1(O)CCCCC1)c1cc(=O)[nH]c(=O)[nH]1. The average molecular weight is 267 g/mol. The van der Waals surface area contributed by atoms with Gasteiger partial charge in [-0.25, -0.2) is 4.79 Å². The predicted octanol–water partition coefficient (Wildman–Crippen LogP) is -0.512. The van der Waals surface area contributed by atoms with Crippen LogP contribution in [-0.2, 0) is 0 Å². The van der Waals surface area contributed by atoms with E-state index in [0.717, 1.165) is 25.3 Å². The Hall–Kier alpha value is -1.89. The van der Waals surface area contributed by atoms with E-state index < -0.39 is 22.8 Å². The fraction of sp³-hybridized carbons (Fsp3) is 0.583. The Kier molecular flexibility index (Phi) is 3.84. The Morgan fingerprint density at radius 1 is 1.26 bits per heavy atom. The Bertz CT molecular complexity index is 541. The molecule has 2 rings (SSSR count). The van der Waals surface area contributed by atoms with Crippen molar-refractivity contribution in [1.29, 1.82) is 0 Å². The van der Waals surface area contributed by atoms with Gasteiger partial charge in [0.25, 0.3) is 11.5 Å². The second kappa shape index (κ2) is 5.40. The Labute approximate surface area is 109 Å². The highest BCUT2D eigenvalue weighted by Gasteiger charge is 2.29. The minimum absolute atomic E-state index is 0.104. The smallest absolute Gasteiger partial charge is 0.326 e. The van der Waals surface area contributed by atoms with E-state index in [9.17, 15) is 19.5 Å². The van der Waals surface area contributed by atoms with Gasteiger partial charge in [-0.2, -0.15) is 0 Å². The first-order valence-corrected chi connectivity index (χ1v) is 6.33. The van der Waals surface area contributed by atoms with Gasteiger partial charge in [0.1, 0.15) is 5.69 Å². The van der Waals surface area contributed by atoms with E-state index in [1.54, 1.807) is 0 Å². The van der Waals surface area contributed by atoms with Gasteiger partial charge in [-0.3, -0.25) is 14.6 Å². The first-order chi connectivity index (χ1) is 8.98. The maximum Gasteiger partial charge on any atom is 0.326 e. The molecule has 0 atom stereocenters. The fourth-order valence-electron chi connectivity index (χ4n) is 2.32. The van der Waals surface area contributed by atoms with Crippen LogP contribution in [-0.4, -0.2) is 33.1 Å². The second-order valence-corrected chi connectivity index (χ2v) is 4.97. The highest BCUT2D eigenvalue weighted by molar-refractivity contribution is 5.92. The number of nitrogens with one attached hydrogen (secondary N) is 3. The normalized spacial score (nSPS) is 17.9. The minimum Gasteiger partial charge on any atom is -0.388 e. The summed E-state index contributed by atoms with van der Waals surface area (Å²) < 4.78 is 0. The number of hydrogen-bond acceptors (Lipinski definition) is 4. The summed E-state index contributed by atoms with van der Waals surface area (Å²) in [5.41, 5.74) is -2.34. The lowest BCUT2D eigenvalue weighted by molar-refractivity contribution is 0.00521. The van der Waals surface area contributed by atoms with E-state index in [4.69, 9.17) is 0 Å². The summed E-state index contributed by atoms with van der Waals surface area (Å²) in [6.07, 6.45) is 4.28. The standard InChI is InChI=1S/C12H17N3O4/c16-9-6-8(14-11(18)15-9)10(17)13-7-12(19)4-2-1-3-5-12/h6,19H,1-5,7H2,(H,13,17)(H2,14,15,16,18). The number of aliphatic hydroxyl groups is 1. The quantitative estimate of drug-likeness (QED) is 0.590. The van der Waals surface area contributed by atoms with E-state index in [-0.39, 0.29) is 12.2 Å². The molecule has 1 aromatic rings. The first kappa shape index (κ1) is 13.5. The molecule has 1 aromatic heterocycles. The van der Waals surface area contributed by atoms with Gasteiger partial charge in [0, 0.05) is 12.6 Å². The summed E-state index contributed by atoms with van der Waals surface area (Å²) in [5, 5.41) is 12.8. The molecule has 104 valence electrons. The number of carbonyl (C=O) groups is 1. The van der Waals surface area contributed by atoms with Gasteiger partial charge in [0.2, 0.25) is 0 Å². The van der Waals surface area contributed by atoms with Crippen LogP contribution in [0.1, 0.15) is 42.6 Å². The highest BCUT2D eigenvalue weighted by atomic mass is 16.3. The zero-order valence-electron chi connectivity index (χ0n) is 10.5. The van der Waals surface area contributed by atoms with Crippen molar-refractivity contribution in [3.63, 3.8) is 0 Å². The van der Waals surface area contributed by atoms with Crippen molar-refractivity contribution in [1.82, 2.24) is 15.3 Å². The number of aromatic nitrogens is 2. The molecule has 7 nitrogen and oxygen atoms in total. The van der Waals surface area contributed by atoms with Gasteiger partial charge in [0.15, 0.2) is 0 Å². The molecule has 0 unspecified atom stereocenters. The molecule has 1 aliphatic carbocycles. The summed E-state index contributed by atoms with van der Waals surface area (Å²) in [5.74, 6) is -0.567. The Morgan fingerprint density at radius 3 is 2.58 bits per heavy atom. The zero-order chi connectivity index (χ0) is 13.9. The number of amides is 1. The number of hydrogen-bond donors (Lipinski definition) is 4. The third-order valence-electron chi connectivity index (χ3n) is 3.37. The second-order valence-electron chi connectivity index (χ2n) is 4.97. The molecule has 1 amide bonds. The van der Waals surface area contributed by atoms with Crippen LogP contribution >= 0.6 is 0 Å². The summed E-state index contributed by atoms with van der Waals surface area (Å²) in [6, 6.07) is 1.02. The Morgan fingerprint density at radius 2 is 1.95 bits per heavy atom. The lowest BCUT2D eigenvalue weighted by Gasteiger charge is -2.32. The molecular formula is C12H17N3O4. The molecule has 0 spiro atoms. The molecular weight excluding hydrogens is 250 g/mol. The van der Waals surface area contributed by atoms with Crippen LogP contribution in [0, 0.1) is 0 Å². The van der Waals surface area contributed by atoms with Gasteiger partial charge in [-0.05, 0) is 12.8 Å². The molecule has 1 aliphatic rings. The van der Waals surface area contributed by atoms with Crippen LogP contribution in [0.15, 0.2) is 15.7 Å². The molecule has 0 saturated heterocycles. The van der Waals surface area contributed by atoms with E-state index in [1.807, 2.05) is 4.98 Å². The third kappa shape index (κ3) is 3.54. The zero-order valence-corrected chi connectivity index (χ0v) is 10.5. The van der Waals surface area contributed by atoms with E-state index in [1.165, 1.54) is 0 Å². The van der Waals surface area contributed by atoms with Crippen LogP contribution in [0.2, 0.25) is 0 Å². The third-order valence-corrected chi connectivity index (χ3v) is 3.37. The van der Waals surface area contributed by atoms with Crippen LogP contribution < -0.4 is 16.6 Å². The largest absolute Gasteiger partial charge is 0.388 e. The summed E-state index contributed by atoms with van der Waals surface area (Å²) >= 11 is 0. The van der Waals surface area contributed by atoms with Crippen molar-refractivity contribution in [2.75, 3.05) is 6.54 Å². The van der Waals surface area contributed by atoms with Crippen LogP contribution in [0.3, 0.4) is 0 Å². The topological polar surface area (TPSA) is 115 Å². The minimum atomic E-state index is -0.880. The monoisotopic (exact) mass is 267 g/mol. The van der Waals surface area contributed by atoms with Crippen molar-refractivity contribution in [3.8, 4) is 0 Å². The van der Waals surface area contributed by atoms with Crippen molar-refractivity contribution in [3.05, 3.63) is 32.6 Å². The van der Waals surface area contributed by atoms with E-state index in [0.29, 0.717) is 12.8 Å². The molecule has 1 heterocycles. The molecule has 0 aromatic carbocycles. The molecule has 1 fully saturated rings. The molecule has 4 N–H and O–H groups in total. The molecule has 0 radical (unpaired) electrons. The maximum absolute atomic E-state index is 11.8. The highest BCUT2D eigenvalue weighted by Crippen LogP contribution is 2.27. The van der Waals surface area contributed by atoms with Crippen LogP contribution in [0.5, 0.6) is 0 Å². The van der Waals surface area contributed by atoms with Crippen molar-refractivity contribution in [2.45, 2.75) is 37.7 Å². The average Bonchev–Trinajstić information content (AvgIpc) is 2.36. The lowest BCUT2D eigenvalue weighted by atomic mass is 9.85. The number of H-pyrrole nitrogens is 2. The van der Waals surface area contributed by atoms with Crippen molar-refractivity contribution >= 4 is 5.91 Å². The lowest BCUT2D eigenvalue weighted by Crippen LogP contribution is -2.44. The van der Waals surface area contributed by atoms with Crippen molar-refractivity contribution < 1.29 is 9.90 Å². The van der Waals surface area contributed by atoms with Gasteiger partial charge < -0.3 is 15.4 Å². The molecule has 7 heteroatoms. The van der Waals surface area contributed by atoms with Gasteiger partial charge in [0.05, 0.1) is 5.60 Å². The summed E-state index contributed by atoms with van der Waals surface area (Å²) in [7, 11) is 0. The summed E-state index contributed by atoms with van der Waals surface area (Å²) in [4.78, 5) is 38.1. The number of aromatic amines is 2. The predicted molar refractivity (Wildman–Crippen MR) is 68.1 cm³/mol.